The topological polar surface area (TPSA) is 125 Å². The largest absolute Gasteiger partial charge is 0.480 e. The second-order valence-corrected chi connectivity index (χ2v) is 8.52. The number of carbonyl (C=O) groups is 2. The smallest absolute Gasteiger partial charge is 0.344 e. The fourth-order valence-electron chi connectivity index (χ4n) is 3.71. The maximum Gasteiger partial charge on any atom is 0.344 e. The molecule has 41 heavy (non-hydrogen) atoms. The van der Waals surface area contributed by atoms with Gasteiger partial charge in [-0.05, 0) is 24.3 Å². The van der Waals surface area contributed by atoms with Gasteiger partial charge in [-0.2, -0.15) is 0 Å². The Morgan fingerprint density at radius 3 is 1.34 bits per heavy atom. The number of esters is 2. The van der Waals surface area contributed by atoms with Crippen molar-refractivity contribution in [2.24, 2.45) is 0 Å². The molecule has 0 radical (unpaired) electrons. The van der Waals surface area contributed by atoms with Gasteiger partial charge in [-0.1, -0.05) is 36.4 Å². The molecule has 2 aromatic carbocycles. The van der Waals surface area contributed by atoms with E-state index in [1.54, 1.807) is 24.5 Å². The normalized spacial score (nSPS) is 10.9. The first-order valence-electron chi connectivity index (χ1n) is 13.2. The first kappa shape index (κ1) is 29.7. The van der Waals surface area contributed by atoms with E-state index >= 15 is 0 Å². The van der Waals surface area contributed by atoms with Crippen LogP contribution < -0.4 is 9.47 Å². The minimum absolute atomic E-state index is 0.113. The number of nitrogens with zero attached hydrogens (tertiary/aromatic N) is 2. The van der Waals surface area contributed by atoms with Crippen molar-refractivity contribution >= 4 is 33.7 Å². The number of pyridine rings is 2. The Morgan fingerprint density at radius 1 is 0.512 bits per heavy atom. The van der Waals surface area contributed by atoms with Crippen LogP contribution in [0.4, 0.5) is 0 Å². The Labute approximate surface area is 237 Å². The molecule has 0 aliphatic rings. The van der Waals surface area contributed by atoms with Crippen molar-refractivity contribution in [2.75, 3.05) is 66.1 Å². The zero-order chi connectivity index (χ0) is 28.5. The monoisotopic (exact) mass is 564 g/mol. The van der Waals surface area contributed by atoms with Gasteiger partial charge in [-0.15, -0.1) is 0 Å². The van der Waals surface area contributed by atoms with E-state index in [0.717, 1.165) is 10.8 Å². The fraction of sp³-hybridized carbons (Fsp3) is 0.333. The lowest BCUT2D eigenvalue weighted by atomic mass is 10.2. The van der Waals surface area contributed by atoms with Crippen molar-refractivity contribution in [2.45, 2.75) is 0 Å². The maximum atomic E-state index is 11.9. The van der Waals surface area contributed by atoms with Crippen LogP contribution in [0.2, 0.25) is 0 Å². The van der Waals surface area contributed by atoms with Crippen molar-refractivity contribution in [3.05, 3.63) is 73.1 Å². The molecule has 0 unspecified atom stereocenters. The van der Waals surface area contributed by atoms with E-state index in [4.69, 9.17) is 33.2 Å². The molecule has 0 fully saturated rings. The van der Waals surface area contributed by atoms with Crippen LogP contribution in [-0.2, 0) is 33.3 Å². The van der Waals surface area contributed by atoms with Gasteiger partial charge < -0.3 is 33.2 Å². The summed E-state index contributed by atoms with van der Waals surface area (Å²) in [5.74, 6) is 0.0722. The predicted octanol–water partition coefficient (Wildman–Crippen LogP) is 3.38. The van der Waals surface area contributed by atoms with Crippen molar-refractivity contribution in [3.63, 3.8) is 0 Å². The molecule has 4 aromatic rings. The Bertz CT molecular complexity index is 1280. The summed E-state index contributed by atoms with van der Waals surface area (Å²) < 4.78 is 37.5. The van der Waals surface area contributed by atoms with Crippen LogP contribution in [-0.4, -0.2) is 88.0 Å². The van der Waals surface area contributed by atoms with E-state index < -0.39 is 11.9 Å². The molecule has 0 saturated heterocycles. The summed E-state index contributed by atoms with van der Waals surface area (Å²) in [6.07, 6.45) is 3.34. The summed E-state index contributed by atoms with van der Waals surface area (Å²) in [5, 5.41) is 1.86. The molecule has 0 N–H and O–H groups in total. The van der Waals surface area contributed by atoms with Crippen LogP contribution in [0.15, 0.2) is 73.1 Å². The number of para-hydroxylation sites is 2. The molecule has 0 bridgehead atoms. The van der Waals surface area contributed by atoms with Crippen LogP contribution in [0, 0.1) is 0 Å². The Hall–Kier alpha value is -4.32. The van der Waals surface area contributed by atoms with Gasteiger partial charge in [0, 0.05) is 23.2 Å². The van der Waals surface area contributed by atoms with Crippen LogP contribution in [0.3, 0.4) is 0 Å². The lowest BCUT2D eigenvalue weighted by molar-refractivity contribution is -0.148. The van der Waals surface area contributed by atoms with Gasteiger partial charge in [0.15, 0.2) is 13.2 Å². The Morgan fingerprint density at radius 2 is 0.902 bits per heavy atom. The minimum Gasteiger partial charge on any atom is -0.480 e. The molecule has 216 valence electrons. The molecule has 11 heteroatoms. The zero-order valence-electron chi connectivity index (χ0n) is 22.6. The van der Waals surface area contributed by atoms with E-state index in [-0.39, 0.29) is 39.6 Å². The average molecular weight is 565 g/mol. The van der Waals surface area contributed by atoms with Gasteiger partial charge in [0.2, 0.25) is 0 Å². The zero-order valence-corrected chi connectivity index (χ0v) is 22.6. The molecule has 11 nitrogen and oxygen atoms in total. The standard InChI is InChI=1S/C30H32N2O9/c33-27(21-40-25-9-1-5-23-7-3-11-31-29(23)25)38-19-17-36-15-13-35-14-16-37-18-20-39-28(34)22-41-26-10-2-6-24-8-4-12-32-30(24)26/h1-12H,13-22H2. The van der Waals surface area contributed by atoms with Gasteiger partial charge in [-0.25, -0.2) is 9.59 Å². The van der Waals surface area contributed by atoms with Crippen molar-refractivity contribution in [1.82, 2.24) is 9.97 Å². The molecule has 2 aromatic heterocycles. The number of ether oxygens (including phenoxy) is 7. The first-order valence-corrected chi connectivity index (χ1v) is 13.2. The summed E-state index contributed by atoms with van der Waals surface area (Å²) >= 11 is 0. The number of hydrogen-bond donors (Lipinski definition) is 0. The number of hydrogen-bond acceptors (Lipinski definition) is 11. The summed E-state index contributed by atoms with van der Waals surface area (Å²) in [6, 6.07) is 18.6. The van der Waals surface area contributed by atoms with Crippen LogP contribution >= 0.6 is 0 Å². The third kappa shape index (κ3) is 9.98. The molecule has 0 spiro atoms. The number of benzene rings is 2. The first-order chi connectivity index (χ1) is 20.2. The number of carbonyl (C=O) groups excluding carboxylic acids is 2. The predicted molar refractivity (Wildman–Crippen MR) is 149 cm³/mol. The Balaban J connectivity index is 0.930. The second-order valence-electron chi connectivity index (χ2n) is 8.52. The Kier molecular flexibility index (Phi) is 12.1. The van der Waals surface area contributed by atoms with E-state index in [1.807, 2.05) is 48.5 Å². The van der Waals surface area contributed by atoms with Crippen molar-refractivity contribution in [3.8, 4) is 11.5 Å². The number of aromatic nitrogens is 2. The summed E-state index contributed by atoms with van der Waals surface area (Å²) in [4.78, 5) is 32.4. The highest BCUT2D eigenvalue weighted by atomic mass is 16.6. The molecule has 4 rings (SSSR count). The SMILES string of the molecule is O=C(COc1cccc2cccnc12)OCCOCCOCCOCCOC(=O)COc1cccc2cccnc12. The second kappa shape index (κ2) is 16.7. The highest BCUT2D eigenvalue weighted by molar-refractivity contribution is 5.85. The highest BCUT2D eigenvalue weighted by Crippen LogP contribution is 2.23. The highest BCUT2D eigenvalue weighted by Gasteiger charge is 2.09. The lowest BCUT2D eigenvalue weighted by Crippen LogP contribution is -2.19. The van der Waals surface area contributed by atoms with Crippen molar-refractivity contribution < 1.29 is 42.7 Å². The van der Waals surface area contributed by atoms with E-state index in [9.17, 15) is 9.59 Å². The van der Waals surface area contributed by atoms with Crippen LogP contribution in [0.5, 0.6) is 11.5 Å². The number of fused-ring (bicyclic) bond motifs is 2. The van der Waals surface area contributed by atoms with Gasteiger partial charge in [0.1, 0.15) is 35.7 Å². The van der Waals surface area contributed by atoms with Gasteiger partial charge in [-0.3, -0.25) is 9.97 Å². The summed E-state index contributed by atoms with van der Waals surface area (Å²) in [6.45, 7) is 1.71. The molecule has 0 aliphatic carbocycles. The van der Waals surface area contributed by atoms with Gasteiger partial charge >= 0.3 is 11.9 Å². The van der Waals surface area contributed by atoms with Crippen molar-refractivity contribution in [1.29, 1.82) is 0 Å². The molecule has 0 aliphatic heterocycles. The lowest BCUT2D eigenvalue weighted by Gasteiger charge is -2.10. The third-order valence-electron chi connectivity index (χ3n) is 5.61. The maximum absolute atomic E-state index is 11.9. The van der Waals surface area contributed by atoms with Gasteiger partial charge in [0.05, 0.1) is 39.6 Å². The number of rotatable bonds is 18. The summed E-state index contributed by atoms with van der Waals surface area (Å²) in [5.41, 5.74) is 1.38. The molecule has 0 atom stereocenters. The molecule has 0 amide bonds. The van der Waals surface area contributed by atoms with Gasteiger partial charge in [0.25, 0.3) is 0 Å². The molecular weight excluding hydrogens is 532 g/mol. The fourth-order valence-corrected chi connectivity index (χ4v) is 3.71. The average Bonchev–Trinajstić information content (AvgIpc) is 3.01. The molecule has 2 heterocycles. The molecule has 0 saturated carbocycles. The third-order valence-corrected chi connectivity index (χ3v) is 5.61. The van der Waals surface area contributed by atoms with E-state index in [1.165, 1.54) is 0 Å². The van der Waals surface area contributed by atoms with E-state index in [0.29, 0.717) is 49.0 Å². The quantitative estimate of drug-likeness (QED) is 0.130. The summed E-state index contributed by atoms with van der Waals surface area (Å²) in [7, 11) is 0. The van der Waals surface area contributed by atoms with E-state index in [2.05, 4.69) is 9.97 Å². The van der Waals surface area contributed by atoms with Crippen LogP contribution in [0.1, 0.15) is 0 Å². The minimum atomic E-state index is -0.491. The van der Waals surface area contributed by atoms with Crippen LogP contribution in [0.25, 0.3) is 21.8 Å². The molecular formula is C30H32N2O9.